The Morgan fingerprint density at radius 2 is 1.54 bits per heavy atom. The third-order valence-corrected chi connectivity index (χ3v) is 13.8. The van der Waals surface area contributed by atoms with Crippen molar-refractivity contribution in [3.63, 3.8) is 0 Å². The number of imide groups is 1. The maximum absolute atomic E-state index is 14.1. The monoisotopic (exact) mass is 928 g/mol. The highest BCUT2D eigenvalue weighted by Gasteiger charge is 2.42. The third-order valence-electron chi connectivity index (χ3n) is 13.8. The lowest BCUT2D eigenvalue weighted by atomic mass is 9.81. The quantitative estimate of drug-likeness (QED) is 0.0891. The standard InChI is InChI=1S/C50H69N7O10/c1-7-32(2)46(55(4)45(62)29-51-31-58)41(66-5)27-44(61)56-25-11-14-40(56)47(67-6)33(3)48(63)54-39(26-34-12-9-8-10-13-34)50(65)53-38-21-17-35(18-22-38)28-52-49(64)37-19-15-36(16-20-37)30-57-42(59)23-24-43(57)60/h8-10,12-13,17-18,21-24,31-33,36-37,39-41,46-47H,7,11,14-16,19-20,25-30H2,1-6H3,(H,51,58)(H,52,64)(H,53,65)(H,54,63)/t32?,33?,36?,37?,39-,40?,41?,46?,47?/m0/s1. The molecule has 3 aliphatic rings. The van der Waals surface area contributed by atoms with Crippen LogP contribution in [0.3, 0.4) is 0 Å². The Balaban J connectivity index is 1.18. The van der Waals surface area contributed by atoms with Crippen molar-refractivity contribution in [3.05, 3.63) is 77.9 Å². The summed E-state index contributed by atoms with van der Waals surface area (Å²) in [5.74, 6) is -2.70. The summed E-state index contributed by atoms with van der Waals surface area (Å²) in [4.78, 5) is 108. The smallest absolute Gasteiger partial charge is 0.253 e. The highest BCUT2D eigenvalue weighted by molar-refractivity contribution is 6.12. The maximum Gasteiger partial charge on any atom is 0.253 e. The number of anilines is 1. The van der Waals surface area contributed by atoms with E-state index in [0.29, 0.717) is 57.4 Å². The van der Waals surface area contributed by atoms with Crippen LogP contribution in [-0.4, -0.2) is 134 Å². The molecule has 6 unspecified atom stereocenters. The number of amides is 8. The lowest BCUT2D eigenvalue weighted by Crippen LogP contribution is -2.55. The summed E-state index contributed by atoms with van der Waals surface area (Å²) in [7, 11) is 4.68. The highest BCUT2D eigenvalue weighted by Crippen LogP contribution is 2.31. The van der Waals surface area contributed by atoms with E-state index in [0.717, 1.165) is 30.4 Å². The van der Waals surface area contributed by atoms with Gasteiger partial charge in [-0.1, -0.05) is 69.7 Å². The van der Waals surface area contributed by atoms with Gasteiger partial charge in [-0.05, 0) is 73.6 Å². The second-order valence-electron chi connectivity index (χ2n) is 18.1. The summed E-state index contributed by atoms with van der Waals surface area (Å²) in [6, 6.07) is 14.7. The van der Waals surface area contributed by atoms with Gasteiger partial charge in [-0.3, -0.25) is 43.3 Å². The van der Waals surface area contributed by atoms with Crippen molar-refractivity contribution < 1.29 is 47.8 Å². The Kier molecular flexibility index (Phi) is 19.6. The van der Waals surface area contributed by atoms with Crippen molar-refractivity contribution in [1.82, 2.24) is 30.7 Å². The molecular weight excluding hydrogens is 859 g/mol. The van der Waals surface area contributed by atoms with Gasteiger partial charge in [0.05, 0.1) is 43.2 Å². The number of ether oxygens (including phenoxy) is 2. The fourth-order valence-electron chi connectivity index (χ4n) is 9.69. The van der Waals surface area contributed by atoms with Crippen molar-refractivity contribution in [2.45, 2.75) is 115 Å². The van der Waals surface area contributed by atoms with E-state index in [9.17, 15) is 38.4 Å². The largest absolute Gasteiger partial charge is 0.379 e. The highest BCUT2D eigenvalue weighted by atomic mass is 16.5. The van der Waals surface area contributed by atoms with Crippen LogP contribution in [0.25, 0.3) is 0 Å². The molecule has 2 aromatic carbocycles. The number of methoxy groups -OCH3 is 2. The first-order chi connectivity index (χ1) is 32.2. The molecule has 17 nitrogen and oxygen atoms in total. The number of nitrogens with zero attached hydrogens (tertiary/aromatic N) is 3. The number of rotatable bonds is 24. The Morgan fingerprint density at radius 3 is 2.15 bits per heavy atom. The van der Waals surface area contributed by atoms with E-state index < -0.39 is 48.1 Å². The molecule has 67 heavy (non-hydrogen) atoms. The van der Waals surface area contributed by atoms with E-state index in [1.807, 2.05) is 56.3 Å². The Hall–Kier alpha value is -5.94. The zero-order valence-electron chi connectivity index (χ0n) is 39.7. The van der Waals surface area contributed by atoms with Gasteiger partial charge in [0.15, 0.2) is 0 Å². The van der Waals surface area contributed by atoms with E-state index in [4.69, 9.17) is 9.47 Å². The number of hydrogen-bond donors (Lipinski definition) is 4. The second kappa shape index (κ2) is 25.3. The van der Waals surface area contributed by atoms with Crippen molar-refractivity contribution in [2.24, 2.45) is 23.7 Å². The number of hydrogen-bond acceptors (Lipinski definition) is 10. The molecule has 7 atom stereocenters. The van der Waals surface area contributed by atoms with Crippen molar-refractivity contribution in [1.29, 1.82) is 0 Å². The molecule has 5 rings (SSSR count). The first kappa shape index (κ1) is 52.0. The maximum atomic E-state index is 14.1. The van der Waals surface area contributed by atoms with Gasteiger partial charge < -0.3 is 40.5 Å². The molecule has 2 fully saturated rings. The number of benzene rings is 2. The fourth-order valence-corrected chi connectivity index (χ4v) is 9.69. The Bertz CT molecular complexity index is 2040. The molecule has 0 radical (unpaired) electrons. The summed E-state index contributed by atoms with van der Waals surface area (Å²) in [6.07, 6.45) is 6.81. The SMILES string of the molecule is CCC(C)C(C(CC(=O)N1CCCC1C(OC)C(C)C(=O)N[C@@H](Cc1ccccc1)C(=O)Nc1ccc(CNC(=O)C2CCC(CN3C(=O)C=CC3=O)CC2)cc1)OC)N(C)C(=O)CNC=O. The molecule has 1 aliphatic carbocycles. The first-order valence-electron chi connectivity index (χ1n) is 23.5. The van der Waals surface area contributed by atoms with E-state index in [1.54, 1.807) is 35.9 Å². The fraction of sp³-hybridized carbons (Fsp3) is 0.560. The van der Waals surface area contributed by atoms with Gasteiger partial charge in [0.2, 0.25) is 35.9 Å². The average Bonchev–Trinajstić information content (AvgIpc) is 3.95. The molecule has 2 heterocycles. The van der Waals surface area contributed by atoms with Crippen LogP contribution >= 0.6 is 0 Å². The normalized spacial score (nSPS) is 20.8. The Morgan fingerprint density at radius 1 is 0.866 bits per heavy atom. The Labute approximate surface area is 394 Å². The van der Waals surface area contributed by atoms with Crippen LogP contribution in [0.2, 0.25) is 0 Å². The zero-order chi connectivity index (χ0) is 48.6. The van der Waals surface area contributed by atoms with Crippen LogP contribution in [0.1, 0.15) is 83.3 Å². The average molecular weight is 928 g/mol. The van der Waals surface area contributed by atoms with Gasteiger partial charge in [0.25, 0.3) is 11.8 Å². The van der Waals surface area contributed by atoms with Gasteiger partial charge in [0.1, 0.15) is 6.04 Å². The molecule has 0 spiro atoms. The predicted octanol–water partition coefficient (Wildman–Crippen LogP) is 3.37. The van der Waals surface area contributed by atoms with Crippen LogP contribution in [-0.2, 0) is 60.8 Å². The first-order valence-corrected chi connectivity index (χ1v) is 23.5. The molecule has 2 aliphatic heterocycles. The van der Waals surface area contributed by atoms with Crippen LogP contribution < -0.4 is 21.3 Å². The minimum Gasteiger partial charge on any atom is -0.379 e. The van der Waals surface area contributed by atoms with Gasteiger partial charge in [-0.2, -0.15) is 0 Å². The van der Waals surface area contributed by atoms with E-state index in [1.165, 1.54) is 31.3 Å². The number of nitrogens with one attached hydrogen (secondary N) is 4. The van der Waals surface area contributed by atoms with Crippen molar-refractivity contribution in [3.8, 4) is 0 Å². The summed E-state index contributed by atoms with van der Waals surface area (Å²) < 4.78 is 11.9. The molecule has 17 heteroatoms. The van der Waals surface area contributed by atoms with Gasteiger partial charge >= 0.3 is 0 Å². The topological polar surface area (TPSA) is 213 Å². The summed E-state index contributed by atoms with van der Waals surface area (Å²) in [5.41, 5.74) is 2.19. The number of carbonyl (C=O) groups is 8. The minimum absolute atomic E-state index is 0.0117. The second-order valence-corrected chi connectivity index (χ2v) is 18.1. The molecule has 1 saturated carbocycles. The molecule has 8 amide bonds. The molecular formula is C50H69N7O10. The number of likely N-dealkylation sites (tertiary alicyclic amines) is 1. The zero-order valence-corrected chi connectivity index (χ0v) is 39.7. The summed E-state index contributed by atoms with van der Waals surface area (Å²) >= 11 is 0. The lowest BCUT2D eigenvalue weighted by molar-refractivity contribution is -0.145. The van der Waals surface area contributed by atoms with Gasteiger partial charge in [0, 0.05) is 71.1 Å². The number of carbonyl (C=O) groups excluding carboxylic acids is 8. The van der Waals surface area contributed by atoms with E-state index in [2.05, 4.69) is 21.3 Å². The molecule has 0 bridgehead atoms. The predicted molar refractivity (Wildman–Crippen MR) is 250 cm³/mol. The minimum atomic E-state index is -0.959. The molecule has 364 valence electrons. The van der Waals surface area contributed by atoms with Crippen molar-refractivity contribution >= 4 is 53.4 Å². The van der Waals surface area contributed by atoms with Crippen LogP contribution in [0, 0.1) is 23.7 Å². The van der Waals surface area contributed by atoms with Gasteiger partial charge in [-0.15, -0.1) is 0 Å². The molecule has 2 aromatic rings. The van der Waals surface area contributed by atoms with Gasteiger partial charge in [-0.25, -0.2) is 0 Å². The molecule has 0 aromatic heterocycles. The van der Waals surface area contributed by atoms with Crippen LogP contribution in [0.5, 0.6) is 0 Å². The third kappa shape index (κ3) is 14.0. The van der Waals surface area contributed by atoms with Crippen LogP contribution in [0.15, 0.2) is 66.7 Å². The number of likely N-dealkylation sites (N-methyl/N-ethyl adjacent to an activating group) is 1. The van der Waals surface area contributed by atoms with E-state index in [-0.39, 0.29) is 66.7 Å². The van der Waals surface area contributed by atoms with Crippen LogP contribution in [0.4, 0.5) is 5.69 Å². The summed E-state index contributed by atoms with van der Waals surface area (Å²) in [5, 5.41) is 11.4. The molecule has 4 N–H and O–H groups in total. The molecule has 1 saturated heterocycles. The van der Waals surface area contributed by atoms with E-state index >= 15 is 0 Å². The van der Waals surface area contributed by atoms with Crippen molar-refractivity contribution in [2.75, 3.05) is 46.2 Å². The lowest BCUT2D eigenvalue weighted by Gasteiger charge is -2.39. The summed E-state index contributed by atoms with van der Waals surface area (Å²) in [6.45, 7) is 6.68.